The number of nitrogens with zero attached hydrogens (tertiary/aromatic N) is 2. The van der Waals surface area contributed by atoms with Gasteiger partial charge in [-0.1, -0.05) is 60.2 Å². The highest BCUT2D eigenvalue weighted by Crippen LogP contribution is 2.23. The molecule has 0 saturated carbocycles. The van der Waals surface area contributed by atoms with Crippen LogP contribution < -0.4 is 5.32 Å². The highest BCUT2D eigenvalue weighted by molar-refractivity contribution is 5.99. The van der Waals surface area contributed by atoms with E-state index in [-0.39, 0.29) is 5.91 Å². The van der Waals surface area contributed by atoms with E-state index in [0.29, 0.717) is 31.0 Å². The molecule has 0 atom stereocenters. The lowest BCUT2D eigenvalue weighted by Gasteiger charge is -2.05. The molecule has 3 aromatic rings. The third kappa shape index (κ3) is 4.37. The Balaban J connectivity index is 1.91. The number of carbonyl (C=O) groups is 1. The minimum Gasteiger partial charge on any atom is -0.383 e. The molecule has 1 amide bonds. The van der Waals surface area contributed by atoms with Crippen molar-refractivity contribution in [1.29, 1.82) is 0 Å². The van der Waals surface area contributed by atoms with Gasteiger partial charge in [0.05, 0.1) is 18.7 Å². The molecular formula is C21H23N3O2. The fourth-order valence-corrected chi connectivity index (χ4v) is 2.73. The zero-order chi connectivity index (χ0) is 18.4. The molecule has 1 aromatic heterocycles. The molecule has 3 rings (SSSR count). The van der Waals surface area contributed by atoms with Crippen LogP contribution in [0.15, 0.2) is 60.8 Å². The van der Waals surface area contributed by atoms with Crippen molar-refractivity contribution in [3.63, 3.8) is 0 Å². The van der Waals surface area contributed by atoms with Gasteiger partial charge in [-0.25, -0.2) is 0 Å². The number of hydrogen-bond acceptors (Lipinski definition) is 3. The predicted molar refractivity (Wildman–Crippen MR) is 102 cm³/mol. The molecule has 0 aliphatic rings. The third-order valence-electron chi connectivity index (χ3n) is 4.11. The molecule has 1 heterocycles. The molecule has 0 aliphatic heterocycles. The Morgan fingerprint density at radius 1 is 1.12 bits per heavy atom. The van der Waals surface area contributed by atoms with Gasteiger partial charge in [0.2, 0.25) is 0 Å². The zero-order valence-electron chi connectivity index (χ0n) is 15.1. The highest BCUT2D eigenvalue weighted by Gasteiger charge is 2.18. The van der Waals surface area contributed by atoms with Crippen molar-refractivity contribution in [2.45, 2.75) is 13.5 Å². The van der Waals surface area contributed by atoms with E-state index >= 15 is 0 Å². The third-order valence-corrected chi connectivity index (χ3v) is 4.11. The van der Waals surface area contributed by atoms with Gasteiger partial charge in [-0.05, 0) is 12.5 Å². The van der Waals surface area contributed by atoms with Crippen molar-refractivity contribution < 1.29 is 9.53 Å². The van der Waals surface area contributed by atoms with Crippen molar-refractivity contribution in [3.05, 3.63) is 77.5 Å². The van der Waals surface area contributed by atoms with Gasteiger partial charge in [0.25, 0.3) is 5.91 Å². The summed E-state index contributed by atoms with van der Waals surface area (Å²) in [5, 5.41) is 7.56. The van der Waals surface area contributed by atoms with Gasteiger partial charge in [-0.2, -0.15) is 5.10 Å². The minimum atomic E-state index is -0.142. The van der Waals surface area contributed by atoms with Crippen LogP contribution in [-0.4, -0.2) is 35.9 Å². The Morgan fingerprint density at radius 2 is 1.85 bits per heavy atom. The molecule has 0 aliphatic carbocycles. The summed E-state index contributed by atoms with van der Waals surface area (Å²) in [6, 6.07) is 18.1. The lowest BCUT2D eigenvalue weighted by atomic mass is 10.1. The maximum atomic E-state index is 12.6. The number of ether oxygens (including phenoxy) is 1. The van der Waals surface area contributed by atoms with Crippen LogP contribution >= 0.6 is 0 Å². The molecule has 0 unspecified atom stereocenters. The summed E-state index contributed by atoms with van der Waals surface area (Å²) >= 11 is 0. The van der Waals surface area contributed by atoms with Crippen molar-refractivity contribution in [1.82, 2.24) is 15.1 Å². The number of hydrogen-bond donors (Lipinski definition) is 1. The summed E-state index contributed by atoms with van der Waals surface area (Å²) < 4.78 is 6.82. The lowest BCUT2D eigenvalue weighted by Crippen LogP contribution is -2.27. The second-order valence-electron chi connectivity index (χ2n) is 6.19. The average Bonchev–Trinajstić information content (AvgIpc) is 3.07. The van der Waals surface area contributed by atoms with E-state index in [2.05, 4.69) is 10.4 Å². The first-order valence-electron chi connectivity index (χ1n) is 8.63. The van der Waals surface area contributed by atoms with Gasteiger partial charge in [0.1, 0.15) is 5.69 Å². The van der Waals surface area contributed by atoms with Crippen molar-refractivity contribution in [2.75, 3.05) is 20.3 Å². The Labute approximate surface area is 153 Å². The SMILES string of the molecule is COCCNC(=O)c1cn(Cc2ccccc2)nc1-c1ccc(C)cc1. The summed E-state index contributed by atoms with van der Waals surface area (Å²) in [6.45, 7) is 3.59. The second kappa shape index (κ2) is 8.45. The maximum absolute atomic E-state index is 12.6. The molecule has 0 bridgehead atoms. The van der Waals surface area contributed by atoms with Crippen molar-refractivity contribution in [3.8, 4) is 11.3 Å². The maximum Gasteiger partial charge on any atom is 0.255 e. The smallest absolute Gasteiger partial charge is 0.255 e. The number of carbonyl (C=O) groups excluding carboxylic acids is 1. The highest BCUT2D eigenvalue weighted by atomic mass is 16.5. The van der Waals surface area contributed by atoms with Crippen LogP contribution in [0, 0.1) is 6.92 Å². The van der Waals surface area contributed by atoms with E-state index in [1.165, 1.54) is 5.56 Å². The molecule has 0 fully saturated rings. The van der Waals surface area contributed by atoms with Crippen LogP contribution in [0.3, 0.4) is 0 Å². The molecule has 0 saturated heterocycles. The van der Waals surface area contributed by atoms with Crippen LogP contribution in [0.4, 0.5) is 0 Å². The monoisotopic (exact) mass is 349 g/mol. The van der Waals surface area contributed by atoms with Crippen LogP contribution in [0.2, 0.25) is 0 Å². The van der Waals surface area contributed by atoms with Gasteiger partial charge < -0.3 is 10.1 Å². The predicted octanol–water partition coefficient (Wildman–Crippen LogP) is 3.28. The standard InChI is InChI=1S/C21H23N3O2/c1-16-8-10-18(11-9-16)20-19(21(25)22-12-13-26-2)15-24(23-20)14-17-6-4-3-5-7-17/h3-11,15H,12-14H2,1-2H3,(H,22,25). The number of nitrogens with one attached hydrogen (secondary N) is 1. The molecule has 5 nitrogen and oxygen atoms in total. The summed E-state index contributed by atoms with van der Waals surface area (Å²) in [6.07, 6.45) is 1.81. The van der Waals surface area contributed by atoms with E-state index in [1.54, 1.807) is 7.11 Å². The first-order chi connectivity index (χ1) is 12.7. The largest absolute Gasteiger partial charge is 0.383 e. The Morgan fingerprint density at radius 3 is 2.54 bits per heavy atom. The average molecular weight is 349 g/mol. The fraction of sp³-hybridized carbons (Fsp3) is 0.238. The quantitative estimate of drug-likeness (QED) is 0.666. The van der Waals surface area contributed by atoms with Gasteiger partial charge in [-0.15, -0.1) is 0 Å². The summed E-state index contributed by atoms with van der Waals surface area (Å²) in [5.41, 5.74) is 4.50. The molecule has 2 aromatic carbocycles. The number of benzene rings is 2. The Kier molecular flexibility index (Phi) is 5.81. The van der Waals surface area contributed by atoms with E-state index < -0.39 is 0 Å². The van der Waals surface area contributed by atoms with Gasteiger partial charge in [-0.3, -0.25) is 9.48 Å². The Bertz CT molecular complexity index is 855. The lowest BCUT2D eigenvalue weighted by molar-refractivity contribution is 0.0937. The van der Waals surface area contributed by atoms with E-state index in [1.807, 2.05) is 72.4 Å². The molecule has 26 heavy (non-hydrogen) atoms. The van der Waals surface area contributed by atoms with E-state index in [9.17, 15) is 4.79 Å². The van der Waals surface area contributed by atoms with Crippen molar-refractivity contribution >= 4 is 5.91 Å². The van der Waals surface area contributed by atoms with Gasteiger partial charge in [0, 0.05) is 25.4 Å². The zero-order valence-corrected chi connectivity index (χ0v) is 15.1. The molecule has 0 spiro atoms. The van der Waals surface area contributed by atoms with Crippen LogP contribution in [-0.2, 0) is 11.3 Å². The molecule has 1 N–H and O–H groups in total. The normalized spacial score (nSPS) is 10.7. The first-order valence-corrected chi connectivity index (χ1v) is 8.63. The van der Waals surface area contributed by atoms with Crippen molar-refractivity contribution in [2.24, 2.45) is 0 Å². The summed E-state index contributed by atoms with van der Waals surface area (Å²) in [4.78, 5) is 12.6. The number of aryl methyl sites for hydroxylation is 1. The number of aromatic nitrogens is 2. The molecule has 0 radical (unpaired) electrons. The topological polar surface area (TPSA) is 56.1 Å². The van der Waals surface area contributed by atoms with Gasteiger partial charge in [0.15, 0.2) is 0 Å². The van der Waals surface area contributed by atoms with Crippen LogP contribution in [0.1, 0.15) is 21.5 Å². The van der Waals surface area contributed by atoms with Crippen LogP contribution in [0.5, 0.6) is 0 Å². The molecule has 134 valence electrons. The van der Waals surface area contributed by atoms with Gasteiger partial charge >= 0.3 is 0 Å². The number of methoxy groups -OCH3 is 1. The molecular weight excluding hydrogens is 326 g/mol. The van der Waals surface area contributed by atoms with E-state index in [4.69, 9.17) is 4.74 Å². The first kappa shape index (κ1) is 17.9. The fourth-order valence-electron chi connectivity index (χ4n) is 2.73. The summed E-state index contributed by atoms with van der Waals surface area (Å²) in [5.74, 6) is -0.142. The second-order valence-corrected chi connectivity index (χ2v) is 6.19. The molecule has 5 heteroatoms. The Hall–Kier alpha value is -2.92. The number of rotatable bonds is 7. The minimum absolute atomic E-state index is 0.142. The van der Waals surface area contributed by atoms with E-state index in [0.717, 1.165) is 11.1 Å². The number of amides is 1. The van der Waals surface area contributed by atoms with Crippen LogP contribution in [0.25, 0.3) is 11.3 Å². The summed E-state index contributed by atoms with van der Waals surface area (Å²) in [7, 11) is 1.61.